The van der Waals surface area contributed by atoms with Crippen LogP contribution in [0.15, 0.2) is 12.5 Å². The Morgan fingerprint density at radius 2 is 1.75 bits per heavy atom. The largest absolute Gasteiger partial charge is 0.509 e. The highest BCUT2D eigenvalue weighted by Gasteiger charge is 2.43. The number of ether oxygens (including phenoxy) is 4. The lowest BCUT2D eigenvalue weighted by Gasteiger charge is -2.47. The first-order chi connectivity index (χ1) is 13.1. The van der Waals surface area contributed by atoms with Crippen LogP contribution in [0, 0.1) is 10.8 Å². The number of carbonyl (C=O) groups excluding carboxylic acids is 3. The molecule has 2 saturated heterocycles. The van der Waals surface area contributed by atoms with Crippen molar-refractivity contribution in [1.82, 2.24) is 10.6 Å². The van der Waals surface area contributed by atoms with E-state index in [4.69, 9.17) is 14.2 Å². The highest BCUT2D eigenvalue weighted by molar-refractivity contribution is 5.84. The molecule has 1 aliphatic carbocycles. The van der Waals surface area contributed by atoms with Crippen molar-refractivity contribution in [2.45, 2.75) is 58.3 Å². The quantitative estimate of drug-likeness (QED) is 0.672. The number of hydrogen-bond donors (Lipinski definition) is 2. The van der Waals surface area contributed by atoms with E-state index in [1.807, 2.05) is 0 Å². The van der Waals surface area contributed by atoms with Crippen LogP contribution in [-0.2, 0) is 28.5 Å². The van der Waals surface area contributed by atoms with E-state index >= 15 is 0 Å². The summed E-state index contributed by atoms with van der Waals surface area (Å²) in [6.45, 7) is 10.4. The molecule has 2 aliphatic heterocycles. The Hall–Kier alpha value is -2.45. The molecule has 28 heavy (non-hydrogen) atoms. The number of carbonyl (C=O) groups is 3. The third kappa shape index (κ3) is 4.88. The third-order valence-electron chi connectivity index (χ3n) is 5.32. The monoisotopic (exact) mass is 396 g/mol. The second kappa shape index (κ2) is 7.52. The van der Waals surface area contributed by atoms with Crippen LogP contribution in [-0.4, -0.2) is 56.0 Å². The predicted molar refractivity (Wildman–Crippen MR) is 96.9 cm³/mol. The summed E-state index contributed by atoms with van der Waals surface area (Å²) in [6.07, 6.45) is 0.00100. The first-order valence-electron chi connectivity index (χ1n) is 9.45. The van der Waals surface area contributed by atoms with Gasteiger partial charge in [0.25, 0.3) is 17.8 Å². The van der Waals surface area contributed by atoms with E-state index in [1.165, 1.54) is 0 Å². The fraction of sp³-hybridized carbons (Fsp3) is 0.737. The summed E-state index contributed by atoms with van der Waals surface area (Å²) in [4.78, 5) is 35.7. The molecule has 0 aromatic rings. The lowest BCUT2D eigenvalue weighted by Crippen LogP contribution is -2.53. The molecule has 2 N–H and O–H groups in total. The minimum atomic E-state index is -0.907. The summed E-state index contributed by atoms with van der Waals surface area (Å²) in [5.74, 6) is -0.429. The summed E-state index contributed by atoms with van der Waals surface area (Å²) < 4.78 is 19.9. The minimum Gasteiger partial charge on any atom is -0.461 e. The molecule has 1 saturated carbocycles. The van der Waals surface area contributed by atoms with E-state index < -0.39 is 18.4 Å². The van der Waals surface area contributed by atoms with Crippen LogP contribution in [0.4, 0.5) is 4.79 Å². The Kier molecular flexibility index (Phi) is 5.45. The second-order valence-corrected chi connectivity index (χ2v) is 8.94. The fourth-order valence-corrected chi connectivity index (χ4v) is 4.56. The van der Waals surface area contributed by atoms with Gasteiger partial charge in [-0.3, -0.25) is 9.59 Å². The first-order valence-corrected chi connectivity index (χ1v) is 9.45. The second-order valence-electron chi connectivity index (χ2n) is 8.94. The summed E-state index contributed by atoms with van der Waals surface area (Å²) in [5, 5.41) is 5.92. The smallest absolute Gasteiger partial charge is 0.461 e. The van der Waals surface area contributed by atoms with E-state index in [9.17, 15) is 14.4 Å². The molecule has 3 fully saturated rings. The number of amides is 2. The number of rotatable bonds is 5. The Balaban J connectivity index is 1.57. The molecule has 0 aromatic heterocycles. The van der Waals surface area contributed by atoms with Crippen molar-refractivity contribution >= 4 is 18.0 Å². The zero-order valence-electron chi connectivity index (χ0n) is 16.5. The van der Waals surface area contributed by atoms with Crippen LogP contribution in [0.5, 0.6) is 0 Å². The predicted octanol–water partition coefficient (Wildman–Crippen LogP) is 1.23. The molecule has 0 bridgehead atoms. The fourth-order valence-electron chi connectivity index (χ4n) is 4.56. The summed E-state index contributed by atoms with van der Waals surface area (Å²) in [5.41, 5.74) is -0.245. The van der Waals surface area contributed by atoms with Gasteiger partial charge >= 0.3 is 6.16 Å². The molecule has 9 nitrogen and oxygen atoms in total. The maximum Gasteiger partial charge on any atom is 0.509 e. The van der Waals surface area contributed by atoms with Crippen LogP contribution in [0.25, 0.3) is 0 Å². The molecule has 9 heteroatoms. The van der Waals surface area contributed by atoms with Gasteiger partial charge in [0.05, 0.1) is 0 Å². The standard InChI is InChI=1S/C19H28N2O7/c1-11-25-7-14(27-11)16(23)21-12-5-18(2,3)9-19(4,6-12)10-20-15(22)13-8-26-17(24)28-13/h12-14H,1,5-10H2,2-4H3,(H,20,22)(H,21,23). The lowest BCUT2D eigenvalue weighted by molar-refractivity contribution is -0.131. The van der Waals surface area contributed by atoms with E-state index in [0.717, 1.165) is 12.8 Å². The average molecular weight is 396 g/mol. The van der Waals surface area contributed by atoms with E-state index in [-0.39, 0.29) is 47.8 Å². The normalized spacial score (nSPS) is 33.9. The first kappa shape index (κ1) is 20.3. The van der Waals surface area contributed by atoms with Crippen molar-refractivity contribution in [2.24, 2.45) is 10.8 Å². The van der Waals surface area contributed by atoms with Gasteiger partial charge in [-0.15, -0.1) is 0 Å². The van der Waals surface area contributed by atoms with Gasteiger partial charge in [-0.1, -0.05) is 20.8 Å². The summed E-state index contributed by atoms with van der Waals surface area (Å²) in [7, 11) is 0. The molecule has 0 aromatic carbocycles. The summed E-state index contributed by atoms with van der Waals surface area (Å²) in [6, 6.07) is -0.0525. The van der Waals surface area contributed by atoms with Gasteiger partial charge in [0.2, 0.25) is 12.2 Å². The van der Waals surface area contributed by atoms with Gasteiger partial charge in [0, 0.05) is 12.6 Å². The van der Waals surface area contributed by atoms with Crippen LogP contribution >= 0.6 is 0 Å². The Bertz CT molecular complexity index is 677. The molecular formula is C19H28N2O7. The molecule has 0 radical (unpaired) electrons. The van der Waals surface area contributed by atoms with Crippen molar-refractivity contribution < 1.29 is 33.3 Å². The maximum absolute atomic E-state index is 12.5. The molecule has 4 atom stereocenters. The third-order valence-corrected chi connectivity index (χ3v) is 5.32. The number of hydrogen-bond acceptors (Lipinski definition) is 7. The zero-order valence-corrected chi connectivity index (χ0v) is 16.5. The Morgan fingerprint density at radius 3 is 2.36 bits per heavy atom. The van der Waals surface area contributed by atoms with Gasteiger partial charge in [-0.2, -0.15) is 0 Å². The van der Waals surface area contributed by atoms with Crippen LogP contribution in [0.2, 0.25) is 0 Å². The maximum atomic E-state index is 12.5. The van der Waals surface area contributed by atoms with Crippen molar-refractivity contribution in [3.05, 3.63) is 12.5 Å². The van der Waals surface area contributed by atoms with Gasteiger partial charge < -0.3 is 29.6 Å². The zero-order chi connectivity index (χ0) is 20.5. The summed E-state index contributed by atoms with van der Waals surface area (Å²) >= 11 is 0. The lowest BCUT2D eigenvalue weighted by atomic mass is 9.62. The van der Waals surface area contributed by atoms with E-state index in [2.05, 4.69) is 42.7 Å². The van der Waals surface area contributed by atoms with Crippen LogP contribution in [0.1, 0.15) is 40.0 Å². The Labute approximate surface area is 164 Å². The molecule has 2 amide bonds. The van der Waals surface area contributed by atoms with Gasteiger partial charge in [0.1, 0.15) is 13.2 Å². The van der Waals surface area contributed by atoms with Crippen LogP contribution < -0.4 is 10.6 Å². The van der Waals surface area contributed by atoms with Gasteiger partial charge in [0.15, 0.2) is 0 Å². The molecule has 3 aliphatic rings. The van der Waals surface area contributed by atoms with Crippen molar-refractivity contribution in [3.8, 4) is 0 Å². The molecule has 4 unspecified atom stereocenters. The van der Waals surface area contributed by atoms with Crippen LogP contribution in [0.3, 0.4) is 0 Å². The van der Waals surface area contributed by atoms with E-state index in [1.54, 1.807) is 0 Å². The molecular weight excluding hydrogens is 368 g/mol. The highest BCUT2D eigenvalue weighted by Crippen LogP contribution is 2.45. The van der Waals surface area contributed by atoms with E-state index in [0.29, 0.717) is 13.0 Å². The highest BCUT2D eigenvalue weighted by atomic mass is 16.8. The molecule has 2 heterocycles. The molecule has 156 valence electrons. The molecule has 0 spiro atoms. The topological polar surface area (TPSA) is 112 Å². The Morgan fingerprint density at radius 1 is 1.07 bits per heavy atom. The average Bonchev–Trinajstić information content (AvgIpc) is 3.19. The van der Waals surface area contributed by atoms with Gasteiger partial charge in [-0.25, -0.2) is 4.79 Å². The van der Waals surface area contributed by atoms with Crippen molar-refractivity contribution in [1.29, 1.82) is 0 Å². The molecule has 3 rings (SSSR count). The minimum absolute atomic E-state index is 0.0186. The van der Waals surface area contributed by atoms with Crippen molar-refractivity contribution in [3.63, 3.8) is 0 Å². The number of cyclic esters (lactones) is 2. The van der Waals surface area contributed by atoms with Gasteiger partial charge in [-0.05, 0) is 36.7 Å². The van der Waals surface area contributed by atoms with Crippen molar-refractivity contribution in [2.75, 3.05) is 19.8 Å². The SMILES string of the molecule is C=C1OCC(C(=O)NC2CC(C)(C)CC(C)(CNC(=O)C3COC(=O)O3)C2)O1. The number of nitrogens with one attached hydrogen (secondary N) is 2.